The number of hydrogen-bond acceptors (Lipinski definition) is 2. The first-order valence-electron chi connectivity index (χ1n) is 9.30. The van der Waals surface area contributed by atoms with Crippen LogP contribution in [0.2, 0.25) is 5.02 Å². The summed E-state index contributed by atoms with van der Waals surface area (Å²) < 4.78 is 32.9. The van der Waals surface area contributed by atoms with Crippen molar-refractivity contribution in [3.05, 3.63) is 75.5 Å². The number of halogens is 3. The molecule has 0 amide bonds. The smallest absolute Gasteiger partial charge is 0.146 e. The maximum atomic E-state index is 14.3. The van der Waals surface area contributed by atoms with Crippen LogP contribution in [-0.2, 0) is 23.0 Å². The predicted molar refractivity (Wildman–Crippen MR) is 121 cm³/mol. The molecule has 3 rings (SSSR count). The van der Waals surface area contributed by atoms with Crippen molar-refractivity contribution >= 4 is 38.5 Å². The summed E-state index contributed by atoms with van der Waals surface area (Å²) in [6.45, 7) is 7.68. The Hall–Kier alpha value is -1.21. The van der Waals surface area contributed by atoms with E-state index >= 15 is 0 Å². The molecule has 3 atom stereocenters. The minimum atomic E-state index is -1.52. The van der Waals surface area contributed by atoms with Crippen LogP contribution in [0.4, 0.5) is 4.39 Å². The molecule has 0 fully saturated rings. The standard InChI is InChI=1S/C22H24BrClFNO2S/c1-4-8-15(12-21(2,3)29(26)27)22(14-9-6-5-7-10-14)13-16-18(28-22)11-17(25)20(24)19(16)23/h4-7,9-11,15H,1,8,12-13,26H2,2-3H3/t15-,22+,29?/m0/s1. The summed E-state index contributed by atoms with van der Waals surface area (Å²) in [5, 5.41) is 5.82. The summed E-state index contributed by atoms with van der Waals surface area (Å²) in [6.07, 6.45) is 3.49. The lowest BCUT2D eigenvalue weighted by atomic mass is 9.73. The minimum Gasteiger partial charge on any atom is -0.481 e. The van der Waals surface area contributed by atoms with Crippen molar-refractivity contribution in [1.29, 1.82) is 0 Å². The molecule has 7 heteroatoms. The Kier molecular flexibility index (Phi) is 6.59. The first kappa shape index (κ1) is 22.5. The minimum absolute atomic E-state index is 0.0416. The van der Waals surface area contributed by atoms with E-state index < -0.39 is 27.2 Å². The van der Waals surface area contributed by atoms with Crippen LogP contribution in [0.5, 0.6) is 5.75 Å². The lowest BCUT2D eigenvalue weighted by Crippen LogP contribution is -2.45. The number of fused-ring (bicyclic) bond motifs is 1. The summed E-state index contributed by atoms with van der Waals surface area (Å²) >= 11 is 9.58. The lowest BCUT2D eigenvalue weighted by Gasteiger charge is -2.40. The quantitative estimate of drug-likeness (QED) is 0.371. The Morgan fingerprint density at radius 1 is 1.45 bits per heavy atom. The van der Waals surface area contributed by atoms with Gasteiger partial charge in [0, 0.05) is 28.4 Å². The second-order valence-electron chi connectivity index (χ2n) is 7.98. The van der Waals surface area contributed by atoms with Gasteiger partial charge in [-0.1, -0.05) is 48.0 Å². The molecular weight excluding hydrogens is 477 g/mol. The van der Waals surface area contributed by atoms with Gasteiger partial charge in [0.1, 0.15) is 17.2 Å². The van der Waals surface area contributed by atoms with Gasteiger partial charge in [-0.2, -0.15) is 0 Å². The van der Waals surface area contributed by atoms with Crippen molar-refractivity contribution in [2.24, 2.45) is 11.1 Å². The van der Waals surface area contributed by atoms with Crippen LogP contribution < -0.4 is 9.88 Å². The zero-order valence-electron chi connectivity index (χ0n) is 16.4. The van der Waals surface area contributed by atoms with Gasteiger partial charge in [-0.3, -0.25) is 5.14 Å². The van der Waals surface area contributed by atoms with E-state index in [0.29, 0.717) is 29.5 Å². The van der Waals surface area contributed by atoms with Crippen LogP contribution in [0.25, 0.3) is 0 Å². The highest BCUT2D eigenvalue weighted by molar-refractivity contribution is 9.10. The number of allylic oxidation sites excluding steroid dienone is 1. The number of hydrogen-bond donors (Lipinski definition) is 1. The molecule has 29 heavy (non-hydrogen) atoms. The normalized spacial score (nSPS) is 20.6. The first-order valence-corrected chi connectivity index (χ1v) is 11.7. The third kappa shape index (κ3) is 4.18. The van der Waals surface area contributed by atoms with E-state index in [1.807, 2.05) is 50.3 Å². The molecule has 0 bridgehead atoms. The Morgan fingerprint density at radius 3 is 2.69 bits per heavy atom. The van der Waals surface area contributed by atoms with Crippen molar-refractivity contribution in [3.8, 4) is 5.75 Å². The molecule has 0 aliphatic carbocycles. The van der Waals surface area contributed by atoms with Gasteiger partial charge in [-0.05, 0) is 48.2 Å². The molecule has 1 aliphatic rings. The molecule has 0 saturated heterocycles. The molecule has 156 valence electrons. The number of rotatable bonds is 7. The fourth-order valence-electron chi connectivity index (χ4n) is 4.02. The number of nitrogens with two attached hydrogens (primary N) is 1. The van der Waals surface area contributed by atoms with Gasteiger partial charge in [0.2, 0.25) is 0 Å². The maximum Gasteiger partial charge on any atom is 0.146 e. The van der Waals surface area contributed by atoms with E-state index in [9.17, 15) is 8.60 Å². The van der Waals surface area contributed by atoms with Gasteiger partial charge in [-0.25, -0.2) is 8.60 Å². The molecule has 0 saturated carbocycles. The molecule has 0 aromatic heterocycles. The van der Waals surface area contributed by atoms with Crippen LogP contribution in [0.15, 0.2) is 53.5 Å². The first-order chi connectivity index (χ1) is 13.6. The Labute approximate surface area is 187 Å². The van der Waals surface area contributed by atoms with Crippen molar-refractivity contribution in [2.45, 2.75) is 43.5 Å². The van der Waals surface area contributed by atoms with Gasteiger partial charge in [0.15, 0.2) is 0 Å². The van der Waals surface area contributed by atoms with Crippen molar-refractivity contribution < 1.29 is 13.3 Å². The average Bonchev–Trinajstić information content (AvgIpc) is 3.07. The van der Waals surface area contributed by atoms with Crippen LogP contribution in [0, 0.1) is 11.7 Å². The van der Waals surface area contributed by atoms with Gasteiger partial charge >= 0.3 is 0 Å². The van der Waals surface area contributed by atoms with E-state index in [0.717, 1.165) is 11.1 Å². The monoisotopic (exact) mass is 499 g/mol. The molecule has 1 aliphatic heterocycles. The van der Waals surface area contributed by atoms with Crippen LogP contribution in [0.3, 0.4) is 0 Å². The SMILES string of the molecule is C=CC[C@@H](CC(C)(C)S(N)=O)[C@]1(c2ccccc2)Cc2c(cc(F)c(Cl)c2Br)O1. The zero-order chi connectivity index (χ0) is 21.4. The van der Waals surface area contributed by atoms with Crippen LogP contribution in [0.1, 0.15) is 37.8 Å². The van der Waals surface area contributed by atoms with Gasteiger partial charge in [-0.15, -0.1) is 6.58 Å². The van der Waals surface area contributed by atoms with Gasteiger partial charge < -0.3 is 4.74 Å². The molecule has 2 aromatic rings. The third-order valence-electron chi connectivity index (χ3n) is 5.61. The second kappa shape index (κ2) is 8.50. The predicted octanol–water partition coefficient (Wildman–Crippen LogP) is 6.06. The summed E-state index contributed by atoms with van der Waals surface area (Å²) in [7, 11) is -1.52. The molecule has 0 radical (unpaired) electrons. The summed E-state index contributed by atoms with van der Waals surface area (Å²) in [5.41, 5.74) is 1.000. The molecule has 1 heterocycles. The molecule has 1 unspecified atom stereocenters. The zero-order valence-corrected chi connectivity index (χ0v) is 19.5. The topological polar surface area (TPSA) is 52.3 Å². The van der Waals surface area contributed by atoms with Crippen molar-refractivity contribution in [3.63, 3.8) is 0 Å². The highest BCUT2D eigenvalue weighted by Crippen LogP contribution is 2.52. The van der Waals surface area contributed by atoms with Crippen molar-refractivity contribution in [1.82, 2.24) is 0 Å². The molecule has 3 nitrogen and oxygen atoms in total. The summed E-state index contributed by atoms with van der Waals surface area (Å²) in [6, 6.07) is 11.2. The van der Waals surface area contributed by atoms with E-state index in [1.54, 1.807) is 0 Å². The number of benzene rings is 2. The van der Waals surface area contributed by atoms with Gasteiger partial charge in [0.05, 0.1) is 20.8 Å². The maximum absolute atomic E-state index is 14.3. The van der Waals surface area contributed by atoms with Gasteiger partial charge in [0.25, 0.3) is 0 Å². The van der Waals surface area contributed by atoms with Crippen molar-refractivity contribution in [2.75, 3.05) is 0 Å². The third-order valence-corrected chi connectivity index (χ3v) is 8.34. The van der Waals surface area contributed by atoms with Crippen LogP contribution in [-0.4, -0.2) is 8.96 Å². The fraction of sp³-hybridized carbons (Fsp3) is 0.364. The highest BCUT2D eigenvalue weighted by atomic mass is 79.9. The molecular formula is C22H24BrClFNO2S. The Balaban J connectivity index is 2.16. The summed E-state index contributed by atoms with van der Waals surface area (Å²) in [5.74, 6) is -0.167. The fourth-order valence-corrected chi connectivity index (χ4v) is 5.08. The number of ether oxygens (including phenoxy) is 1. The Bertz CT molecular complexity index is 954. The van der Waals surface area contributed by atoms with E-state index in [2.05, 4.69) is 22.5 Å². The molecule has 2 N–H and O–H groups in total. The molecule has 2 aromatic carbocycles. The average molecular weight is 501 g/mol. The highest BCUT2D eigenvalue weighted by Gasteiger charge is 2.50. The van der Waals surface area contributed by atoms with E-state index in [4.69, 9.17) is 21.5 Å². The second-order valence-corrected chi connectivity index (χ2v) is 10.9. The lowest BCUT2D eigenvalue weighted by molar-refractivity contribution is 0.0175. The van der Waals surface area contributed by atoms with E-state index in [-0.39, 0.29) is 10.9 Å². The Morgan fingerprint density at radius 2 is 2.10 bits per heavy atom. The largest absolute Gasteiger partial charge is 0.481 e. The molecule has 0 spiro atoms. The summed E-state index contributed by atoms with van der Waals surface area (Å²) in [4.78, 5) is 0. The van der Waals surface area contributed by atoms with Crippen LogP contribution >= 0.6 is 27.5 Å². The van der Waals surface area contributed by atoms with E-state index in [1.165, 1.54) is 6.07 Å².